The zero-order valence-electron chi connectivity index (χ0n) is 14.7. The Labute approximate surface area is 138 Å². The fourth-order valence-corrected chi connectivity index (χ4v) is 4.96. The van der Waals surface area contributed by atoms with Gasteiger partial charge in [0.05, 0.1) is 12.4 Å². The van der Waals surface area contributed by atoms with Crippen molar-refractivity contribution in [2.45, 2.75) is 65.1 Å². The predicted molar refractivity (Wildman–Crippen MR) is 88.9 cm³/mol. The molecule has 128 valence electrons. The van der Waals surface area contributed by atoms with E-state index in [1.54, 1.807) is 7.11 Å². The molecule has 1 aliphatic heterocycles. The second-order valence-corrected chi connectivity index (χ2v) is 7.21. The van der Waals surface area contributed by atoms with Crippen LogP contribution >= 0.6 is 0 Å². The Kier molecular flexibility index (Phi) is 4.50. The van der Waals surface area contributed by atoms with Crippen molar-refractivity contribution in [3.05, 3.63) is 18.2 Å². The number of hydrogen-bond donors (Lipinski definition) is 1. The number of carbonyl (C=O) groups excluding carboxylic acids is 1. The van der Waals surface area contributed by atoms with Crippen LogP contribution in [0.4, 0.5) is 0 Å². The first-order valence-corrected chi connectivity index (χ1v) is 8.89. The third-order valence-electron chi connectivity index (χ3n) is 6.40. The number of aromatic nitrogens is 2. The SMILES string of the molecule is CCC1(CC)[C@H](NC(=O)[C@@H]2CCn3cncc3C2)[C@H](C)[C@H]1OC. The number of hydrogen-bond acceptors (Lipinski definition) is 3. The highest BCUT2D eigenvalue weighted by molar-refractivity contribution is 5.79. The molecule has 1 aromatic heterocycles. The zero-order valence-corrected chi connectivity index (χ0v) is 14.7. The molecule has 0 radical (unpaired) electrons. The summed E-state index contributed by atoms with van der Waals surface area (Å²) in [5.74, 6) is 0.646. The van der Waals surface area contributed by atoms with Gasteiger partial charge in [-0.3, -0.25) is 4.79 Å². The molecule has 1 amide bonds. The average molecular weight is 319 g/mol. The molecule has 1 saturated carbocycles. The molecule has 1 N–H and O–H groups in total. The van der Waals surface area contributed by atoms with E-state index in [0.717, 1.165) is 32.2 Å². The lowest BCUT2D eigenvalue weighted by atomic mass is 9.53. The number of carbonyl (C=O) groups is 1. The summed E-state index contributed by atoms with van der Waals surface area (Å²) < 4.78 is 7.88. The van der Waals surface area contributed by atoms with Crippen LogP contribution in [0.25, 0.3) is 0 Å². The molecule has 5 nitrogen and oxygen atoms in total. The van der Waals surface area contributed by atoms with Gasteiger partial charge in [-0.25, -0.2) is 4.98 Å². The highest BCUT2D eigenvalue weighted by Gasteiger charge is 2.59. The lowest BCUT2D eigenvalue weighted by Crippen LogP contribution is -2.70. The summed E-state index contributed by atoms with van der Waals surface area (Å²) in [6.45, 7) is 7.50. The maximum atomic E-state index is 12.8. The number of nitrogens with one attached hydrogen (secondary N) is 1. The van der Waals surface area contributed by atoms with Crippen molar-refractivity contribution in [3.63, 3.8) is 0 Å². The first-order valence-electron chi connectivity index (χ1n) is 8.89. The first kappa shape index (κ1) is 16.5. The highest BCUT2D eigenvalue weighted by Crippen LogP contribution is 2.52. The van der Waals surface area contributed by atoms with Crippen molar-refractivity contribution in [2.75, 3.05) is 7.11 Å². The molecule has 2 aliphatic rings. The minimum Gasteiger partial charge on any atom is -0.380 e. The van der Waals surface area contributed by atoms with Crippen LogP contribution in [0.5, 0.6) is 0 Å². The van der Waals surface area contributed by atoms with Crippen molar-refractivity contribution in [3.8, 4) is 0 Å². The van der Waals surface area contributed by atoms with E-state index < -0.39 is 0 Å². The number of amides is 1. The van der Waals surface area contributed by atoms with Crippen molar-refractivity contribution < 1.29 is 9.53 Å². The molecule has 23 heavy (non-hydrogen) atoms. The first-order chi connectivity index (χ1) is 11.1. The fourth-order valence-electron chi connectivity index (χ4n) is 4.96. The van der Waals surface area contributed by atoms with Gasteiger partial charge in [-0.2, -0.15) is 0 Å². The molecule has 1 aromatic rings. The number of methoxy groups -OCH3 is 1. The van der Waals surface area contributed by atoms with Gasteiger partial charge in [0.1, 0.15) is 0 Å². The molecule has 0 bridgehead atoms. The Morgan fingerprint density at radius 1 is 1.48 bits per heavy atom. The number of imidazole rings is 1. The van der Waals surface area contributed by atoms with Crippen LogP contribution in [-0.4, -0.2) is 34.7 Å². The monoisotopic (exact) mass is 319 g/mol. The van der Waals surface area contributed by atoms with Crippen molar-refractivity contribution in [2.24, 2.45) is 17.3 Å². The lowest BCUT2D eigenvalue weighted by Gasteiger charge is -2.60. The molecule has 0 saturated heterocycles. The number of fused-ring (bicyclic) bond motifs is 1. The van der Waals surface area contributed by atoms with Gasteiger partial charge in [0.15, 0.2) is 0 Å². The van der Waals surface area contributed by atoms with Crippen molar-refractivity contribution in [1.29, 1.82) is 0 Å². The largest absolute Gasteiger partial charge is 0.380 e. The second-order valence-electron chi connectivity index (χ2n) is 7.21. The van der Waals surface area contributed by atoms with Crippen LogP contribution in [0.2, 0.25) is 0 Å². The van der Waals surface area contributed by atoms with E-state index in [2.05, 4.69) is 35.6 Å². The van der Waals surface area contributed by atoms with Gasteiger partial charge < -0.3 is 14.6 Å². The van der Waals surface area contributed by atoms with Crippen molar-refractivity contribution in [1.82, 2.24) is 14.9 Å². The van der Waals surface area contributed by atoms with Gasteiger partial charge in [-0.15, -0.1) is 0 Å². The van der Waals surface area contributed by atoms with E-state index in [4.69, 9.17) is 4.74 Å². The summed E-state index contributed by atoms with van der Waals surface area (Å²) in [7, 11) is 1.79. The topological polar surface area (TPSA) is 56.2 Å². The summed E-state index contributed by atoms with van der Waals surface area (Å²) in [5.41, 5.74) is 1.25. The predicted octanol–water partition coefficient (Wildman–Crippen LogP) is 2.40. The van der Waals surface area contributed by atoms with Crippen molar-refractivity contribution >= 4 is 5.91 Å². The lowest BCUT2D eigenvalue weighted by molar-refractivity contribution is -0.173. The minimum absolute atomic E-state index is 0.0689. The second kappa shape index (κ2) is 6.27. The summed E-state index contributed by atoms with van der Waals surface area (Å²) in [6.07, 6.45) is 7.76. The number of rotatable bonds is 5. The molecular weight excluding hydrogens is 290 g/mol. The quantitative estimate of drug-likeness (QED) is 0.907. The van der Waals surface area contributed by atoms with E-state index in [-0.39, 0.29) is 29.4 Å². The van der Waals surface area contributed by atoms with Crippen LogP contribution in [0.3, 0.4) is 0 Å². The summed E-state index contributed by atoms with van der Waals surface area (Å²) >= 11 is 0. The third-order valence-corrected chi connectivity index (χ3v) is 6.40. The highest BCUT2D eigenvalue weighted by atomic mass is 16.5. The average Bonchev–Trinajstić information content (AvgIpc) is 3.04. The van der Waals surface area contributed by atoms with E-state index in [1.807, 2.05) is 12.5 Å². The van der Waals surface area contributed by atoms with Gasteiger partial charge >= 0.3 is 0 Å². The van der Waals surface area contributed by atoms with Gasteiger partial charge in [0.2, 0.25) is 5.91 Å². The van der Waals surface area contributed by atoms with Crippen LogP contribution in [-0.2, 0) is 22.5 Å². The molecular formula is C18H29N3O2. The molecule has 0 spiro atoms. The van der Waals surface area contributed by atoms with E-state index >= 15 is 0 Å². The Bertz CT molecular complexity index is 564. The summed E-state index contributed by atoms with van der Waals surface area (Å²) in [6, 6.07) is 0.224. The fraction of sp³-hybridized carbons (Fsp3) is 0.778. The molecule has 4 atom stereocenters. The number of ether oxygens (including phenoxy) is 1. The molecule has 3 rings (SSSR count). The Hall–Kier alpha value is -1.36. The van der Waals surface area contributed by atoms with Gasteiger partial charge in [-0.05, 0) is 19.3 Å². The van der Waals surface area contributed by atoms with E-state index in [1.165, 1.54) is 5.69 Å². The molecule has 1 aliphatic carbocycles. The normalized spacial score (nSPS) is 32.0. The minimum atomic E-state index is 0.0689. The third kappa shape index (κ3) is 2.49. The van der Waals surface area contributed by atoms with Crippen LogP contribution < -0.4 is 5.32 Å². The number of nitrogens with zero attached hydrogens (tertiary/aromatic N) is 2. The standard InChI is InChI=1S/C18H29N3O2/c1-5-18(6-2)15(12(3)16(18)23-4)20-17(22)13-7-8-21-11-19-10-14(21)9-13/h10-13,15-16H,5-9H2,1-4H3,(H,20,22)/t12-,13+,15+,16+/m0/s1. The Morgan fingerprint density at radius 3 is 2.87 bits per heavy atom. The summed E-state index contributed by atoms with van der Waals surface area (Å²) in [5, 5.41) is 3.37. The maximum absolute atomic E-state index is 12.8. The Morgan fingerprint density at radius 2 is 2.22 bits per heavy atom. The molecule has 0 unspecified atom stereocenters. The summed E-state index contributed by atoms with van der Waals surface area (Å²) in [4.78, 5) is 17.0. The Balaban J connectivity index is 1.68. The van der Waals surface area contributed by atoms with Gasteiger partial charge in [-0.1, -0.05) is 20.8 Å². The van der Waals surface area contributed by atoms with Crippen LogP contribution in [0.15, 0.2) is 12.5 Å². The zero-order chi connectivity index (χ0) is 16.6. The molecule has 1 fully saturated rings. The molecule has 2 heterocycles. The van der Waals surface area contributed by atoms with Gasteiger partial charge in [0.25, 0.3) is 0 Å². The smallest absolute Gasteiger partial charge is 0.223 e. The van der Waals surface area contributed by atoms with Crippen LogP contribution in [0.1, 0.15) is 45.7 Å². The van der Waals surface area contributed by atoms with Gasteiger partial charge in [0, 0.05) is 55.3 Å². The maximum Gasteiger partial charge on any atom is 0.223 e. The number of aryl methyl sites for hydroxylation is 1. The van der Waals surface area contributed by atoms with E-state index in [9.17, 15) is 4.79 Å². The molecule has 5 heteroatoms. The van der Waals surface area contributed by atoms with E-state index in [0.29, 0.717) is 5.92 Å². The molecule has 0 aromatic carbocycles. The van der Waals surface area contributed by atoms with Crippen LogP contribution in [0, 0.1) is 17.3 Å².